The van der Waals surface area contributed by atoms with Crippen LogP contribution < -0.4 is 10.5 Å². The zero-order valence-electron chi connectivity index (χ0n) is 8.77. The highest BCUT2D eigenvalue weighted by Crippen LogP contribution is 2.24. The van der Waals surface area contributed by atoms with E-state index in [0.29, 0.717) is 11.4 Å². The Morgan fingerprint density at radius 3 is 2.73 bits per heavy atom. The molecule has 0 amide bonds. The summed E-state index contributed by atoms with van der Waals surface area (Å²) in [5.74, 6) is 1.62. The summed E-state index contributed by atoms with van der Waals surface area (Å²) in [6.07, 6.45) is 3.66. The maximum Gasteiger partial charge on any atom is 0.141 e. The second kappa shape index (κ2) is 3.65. The minimum Gasteiger partial charge on any atom is -0.495 e. The summed E-state index contributed by atoms with van der Waals surface area (Å²) >= 11 is 0. The number of nitrogens with two attached hydrogens (primary N) is 1. The first-order valence-electron chi connectivity index (χ1n) is 4.66. The Bertz CT molecular complexity index is 476. The van der Waals surface area contributed by atoms with Crippen molar-refractivity contribution < 1.29 is 4.74 Å². The van der Waals surface area contributed by atoms with Crippen LogP contribution in [0.15, 0.2) is 30.6 Å². The molecule has 0 saturated heterocycles. The van der Waals surface area contributed by atoms with Crippen molar-refractivity contribution >= 4 is 5.69 Å². The molecule has 0 aliphatic heterocycles. The zero-order chi connectivity index (χ0) is 10.8. The predicted molar refractivity (Wildman–Crippen MR) is 59.3 cm³/mol. The Morgan fingerprint density at radius 1 is 1.40 bits per heavy atom. The SMILES string of the molecule is COc1ccc(-n2ccnc2C)cc1N. The Hall–Kier alpha value is -1.97. The normalized spacial score (nSPS) is 10.3. The van der Waals surface area contributed by atoms with Gasteiger partial charge in [0.2, 0.25) is 0 Å². The van der Waals surface area contributed by atoms with Crippen molar-refractivity contribution in [2.75, 3.05) is 12.8 Å². The summed E-state index contributed by atoms with van der Waals surface area (Å²) in [6, 6.07) is 5.67. The van der Waals surface area contributed by atoms with Gasteiger partial charge in [-0.2, -0.15) is 0 Å². The standard InChI is InChI=1S/C11H13N3O/c1-8-13-5-6-14(8)9-3-4-11(15-2)10(12)7-9/h3-7H,12H2,1-2H3. The summed E-state index contributed by atoms with van der Waals surface area (Å²) in [5.41, 5.74) is 7.45. The number of imidazole rings is 1. The Morgan fingerprint density at radius 2 is 2.20 bits per heavy atom. The molecule has 0 aliphatic carbocycles. The third-order valence-electron chi connectivity index (χ3n) is 2.32. The first-order valence-corrected chi connectivity index (χ1v) is 4.66. The molecule has 15 heavy (non-hydrogen) atoms. The van der Waals surface area contributed by atoms with E-state index in [-0.39, 0.29) is 0 Å². The van der Waals surface area contributed by atoms with Crippen molar-refractivity contribution in [2.45, 2.75) is 6.92 Å². The number of nitrogen functional groups attached to an aromatic ring is 1. The number of methoxy groups -OCH3 is 1. The van der Waals surface area contributed by atoms with Crippen LogP contribution in [-0.2, 0) is 0 Å². The topological polar surface area (TPSA) is 53.1 Å². The van der Waals surface area contributed by atoms with Crippen molar-refractivity contribution in [2.24, 2.45) is 0 Å². The fraction of sp³-hybridized carbons (Fsp3) is 0.182. The number of anilines is 1. The Kier molecular flexibility index (Phi) is 2.33. The monoisotopic (exact) mass is 203 g/mol. The highest BCUT2D eigenvalue weighted by molar-refractivity contribution is 5.58. The quantitative estimate of drug-likeness (QED) is 0.757. The van der Waals surface area contributed by atoms with Crippen LogP contribution in [-0.4, -0.2) is 16.7 Å². The van der Waals surface area contributed by atoms with E-state index in [2.05, 4.69) is 4.98 Å². The average Bonchev–Trinajstić information content (AvgIpc) is 2.64. The van der Waals surface area contributed by atoms with Gasteiger partial charge in [0.25, 0.3) is 0 Å². The van der Waals surface area contributed by atoms with Crippen LogP contribution in [0.5, 0.6) is 5.75 Å². The van der Waals surface area contributed by atoms with Gasteiger partial charge in [0.15, 0.2) is 0 Å². The van der Waals surface area contributed by atoms with Crippen molar-refractivity contribution in [1.82, 2.24) is 9.55 Å². The minimum atomic E-state index is 0.628. The molecular weight excluding hydrogens is 190 g/mol. The van der Waals surface area contributed by atoms with Crippen LogP contribution >= 0.6 is 0 Å². The number of aromatic nitrogens is 2. The largest absolute Gasteiger partial charge is 0.495 e. The summed E-state index contributed by atoms with van der Waals surface area (Å²) in [5, 5.41) is 0. The van der Waals surface area contributed by atoms with Gasteiger partial charge in [0, 0.05) is 18.1 Å². The fourth-order valence-corrected chi connectivity index (χ4v) is 1.52. The number of hydrogen-bond donors (Lipinski definition) is 1. The van der Waals surface area contributed by atoms with E-state index in [9.17, 15) is 0 Å². The van der Waals surface area contributed by atoms with Gasteiger partial charge in [-0.1, -0.05) is 0 Å². The third kappa shape index (κ3) is 1.66. The lowest BCUT2D eigenvalue weighted by molar-refractivity contribution is 0.417. The van der Waals surface area contributed by atoms with Crippen molar-refractivity contribution in [3.05, 3.63) is 36.4 Å². The van der Waals surface area contributed by atoms with Gasteiger partial charge in [-0.25, -0.2) is 4.98 Å². The van der Waals surface area contributed by atoms with Gasteiger partial charge in [0.1, 0.15) is 11.6 Å². The molecule has 0 aliphatic rings. The first-order chi connectivity index (χ1) is 7.22. The number of hydrogen-bond acceptors (Lipinski definition) is 3. The maximum atomic E-state index is 5.83. The van der Waals surface area contributed by atoms with Crippen molar-refractivity contribution in [3.63, 3.8) is 0 Å². The summed E-state index contributed by atoms with van der Waals surface area (Å²) < 4.78 is 7.07. The second-order valence-electron chi connectivity index (χ2n) is 3.27. The lowest BCUT2D eigenvalue weighted by Gasteiger charge is -2.08. The Balaban J connectivity index is 2.47. The molecule has 0 bridgehead atoms. The molecule has 2 aromatic rings. The van der Waals surface area contributed by atoms with Gasteiger partial charge in [0.05, 0.1) is 12.8 Å². The maximum absolute atomic E-state index is 5.83. The van der Waals surface area contributed by atoms with E-state index in [0.717, 1.165) is 11.5 Å². The third-order valence-corrected chi connectivity index (χ3v) is 2.32. The molecule has 4 heteroatoms. The van der Waals surface area contributed by atoms with E-state index in [4.69, 9.17) is 10.5 Å². The first kappa shape index (κ1) is 9.58. The number of nitrogens with zero attached hydrogens (tertiary/aromatic N) is 2. The lowest BCUT2D eigenvalue weighted by Crippen LogP contribution is -1.98. The number of benzene rings is 1. The molecule has 0 saturated carbocycles. The van der Waals surface area contributed by atoms with Crippen LogP contribution in [0.2, 0.25) is 0 Å². The van der Waals surface area contributed by atoms with Crippen LogP contribution in [0.25, 0.3) is 5.69 Å². The molecule has 0 atom stereocenters. The van der Waals surface area contributed by atoms with E-state index >= 15 is 0 Å². The van der Waals surface area contributed by atoms with Gasteiger partial charge in [-0.3, -0.25) is 0 Å². The highest BCUT2D eigenvalue weighted by Gasteiger charge is 2.03. The summed E-state index contributed by atoms with van der Waals surface area (Å²) in [4.78, 5) is 4.16. The molecule has 1 aromatic heterocycles. The van der Waals surface area contributed by atoms with Crippen molar-refractivity contribution in [1.29, 1.82) is 0 Å². The zero-order valence-corrected chi connectivity index (χ0v) is 8.77. The number of ether oxygens (including phenoxy) is 1. The van der Waals surface area contributed by atoms with Gasteiger partial charge >= 0.3 is 0 Å². The summed E-state index contributed by atoms with van der Waals surface area (Å²) in [6.45, 7) is 1.94. The molecule has 1 heterocycles. The molecule has 0 radical (unpaired) electrons. The van der Waals surface area contributed by atoms with Gasteiger partial charge in [-0.15, -0.1) is 0 Å². The van der Waals surface area contributed by atoms with Crippen molar-refractivity contribution in [3.8, 4) is 11.4 Å². The van der Waals surface area contributed by atoms with Crippen LogP contribution in [0.4, 0.5) is 5.69 Å². The minimum absolute atomic E-state index is 0.628. The molecule has 0 spiro atoms. The second-order valence-corrected chi connectivity index (χ2v) is 3.27. The molecule has 2 rings (SSSR count). The lowest BCUT2D eigenvalue weighted by atomic mass is 10.2. The van der Waals surface area contributed by atoms with Gasteiger partial charge < -0.3 is 15.0 Å². The molecular formula is C11H13N3O. The van der Waals surface area contributed by atoms with Crippen LogP contribution in [0, 0.1) is 6.92 Å². The predicted octanol–water partition coefficient (Wildman–Crippen LogP) is 1.77. The van der Waals surface area contributed by atoms with Crippen LogP contribution in [0.3, 0.4) is 0 Å². The molecule has 2 N–H and O–H groups in total. The number of rotatable bonds is 2. The van der Waals surface area contributed by atoms with Gasteiger partial charge in [-0.05, 0) is 25.1 Å². The van der Waals surface area contributed by atoms with E-state index in [1.807, 2.05) is 35.9 Å². The highest BCUT2D eigenvalue weighted by atomic mass is 16.5. The van der Waals surface area contributed by atoms with Crippen LogP contribution in [0.1, 0.15) is 5.82 Å². The molecule has 1 aromatic carbocycles. The smallest absolute Gasteiger partial charge is 0.141 e. The number of aryl methyl sites for hydroxylation is 1. The van der Waals surface area contributed by atoms with E-state index in [1.54, 1.807) is 13.3 Å². The summed E-state index contributed by atoms with van der Waals surface area (Å²) in [7, 11) is 1.60. The molecule has 0 fully saturated rings. The Labute approximate surface area is 88.3 Å². The molecule has 78 valence electrons. The average molecular weight is 203 g/mol. The molecule has 0 unspecified atom stereocenters. The van der Waals surface area contributed by atoms with E-state index in [1.165, 1.54) is 0 Å². The molecule has 4 nitrogen and oxygen atoms in total. The van der Waals surface area contributed by atoms with E-state index < -0.39 is 0 Å². The fourth-order valence-electron chi connectivity index (χ4n) is 1.52.